The number of aryl methyl sites for hydroxylation is 1. The van der Waals surface area contributed by atoms with Crippen molar-refractivity contribution in [2.75, 3.05) is 18.1 Å². The molecular formula is C14H20N4O. The Bertz CT molecular complexity index is 566. The number of aromatic nitrogens is 3. The monoisotopic (exact) mass is 260 g/mol. The summed E-state index contributed by atoms with van der Waals surface area (Å²) in [6.45, 7) is 3.32. The molecule has 1 N–H and O–H groups in total. The topological polar surface area (TPSA) is 53.7 Å². The summed E-state index contributed by atoms with van der Waals surface area (Å²) >= 11 is 0. The van der Waals surface area contributed by atoms with Gasteiger partial charge in [-0.2, -0.15) is 5.10 Å². The van der Waals surface area contributed by atoms with Gasteiger partial charge in [-0.3, -0.25) is 0 Å². The molecule has 1 aliphatic heterocycles. The lowest BCUT2D eigenvalue weighted by molar-refractivity contribution is 0.279. The maximum absolute atomic E-state index is 9.01. The summed E-state index contributed by atoms with van der Waals surface area (Å²) in [4.78, 5) is 6.94. The van der Waals surface area contributed by atoms with Gasteiger partial charge in [-0.25, -0.2) is 9.50 Å². The third kappa shape index (κ3) is 2.30. The smallest absolute Gasteiger partial charge is 0.154 e. The van der Waals surface area contributed by atoms with Crippen molar-refractivity contribution in [1.82, 2.24) is 14.6 Å². The molecular weight excluding hydrogens is 240 g/mol. The molecule has 1 unspecified atom stereocenters. The molecule has 0 spiro atoms. The number of aliphatic hydroxyl groups is 1. The molecule has 0 saturated carbocycles. The maximum Gasteiger partial charge on any atom is 0.154 e. The molecule has 5 nitrogen and oxygen atoms in total. The Kier molecular flexibility index (Phi) is 3.38. The highest BCUT2D eigenvalue weighted by Gasteiger charge is 2.26. The summed E-state index contributed by atoms with van der Waals surface area (Å²) in [6, 6.07) is 2.59. The quantitative estimate of drug-likeness (QED) is 0.910. The summed E-state index contributed by atoms with van der Waals surface area (Å²) in [7, 11) is 0. The van der Waals surface area contributed by atoms with Crippen LogP contribution >= 0.6 is 0 Å². The fraction of sp³-hybridized carbons (Fsp3) is 0.571. The zero-order chi connectivity index (χ0) is 13.2. The molecule has 1 aliphatic rings. The van der Waals surface area contributed by atoms with Gasteiger partial charge in [0, 0.05) is 31.6 Å². The molecule has 0 aromatic carbocycles. The van der Waals surface area contributed by atoms with E-state index in [4.69, 9.17) is 5.11 Å². The van der Waals surface area contributed by atoms with E-state index in [1.54, 1.807) is 0 Å². The Hall–Kier alpha value is -1.62. The molecule has 3 heterocycles. The Morgan fingerprint density at radius 3 is 3.21 bits per heavy atom. The average Bonchev–Trinajstić information content (AvgIpc) is 3.00. The van der Waals surface area contributed by atoms with Gasteiger partial charge in [0.15, 0.2) is 5.82 Å². The number of aliphatic hydroxyl groups excluding tert-OH is 1. The van der Waals surface area contributed by atoms with Crippen LogP contribution in [-0.4, -0.2) is 38.9 Å². The van der Waals surface area contributed by atoms with Crippen molar-refractivity contribution in [3.05, 3.63) is 24.2 Å². The first kappa shape index (κ1) is 12.4. The van der Waals surface area contributed by atoms with Crippen molar-refractivity contribution in [3.8, 4) is 0 Å². The van der Waals surface area contributed by atoms with E-state index >= 15 is 0 Å². The van der Waals surface area contributed by atoms with Crippen molar-refractivity contribution in [2.24, 2.45) is 0 Å². The van der Waals surface area contributed by atoms with E-state index < -0.39 is 0 Å². The minimum Gasteiger partial charge on any atom is -0.396 e. The predicted molar refractivity (Wildman–Crippen MR) is 74.4 cm³/mol. The molecule has 102 valence electrons. The molecule has 1 fully saturated rings. The van der Waals surface area contributed by atoms with E-state index in [0.717, 1.165) is 36.4 Å². The van der Waals surface area contributed by atoms with Crippen LogP contribution in [0.2, 0.25) is 0 Å². The Morgan fingerprint density at radius 1 is 1.47 bits per heavy atom. The van der Waals surface area contributed by atoms with Crippen LogP contribution in [0.3, 0.4) is 0 Å². The summed E-state index contributed by atoms with van der Waals surface area (Å²) in [6.07, 6.45) is 8.00. The second-order valence-corrected chi connectivity index (χ2v) is 5.22. The lowest BCUT2D eigenvalue weighted by Gasteiger charge is -2.26. The molecule has 2 aromatic heterocycles. The molecule has 3 rings (SSSR count). The molecule has 0 radical (unpaired) electrons. The van der Waals surface area contributed by atoms with Crippen LogP contribution in [0.25, 0.3) is 5.52 Å². The SMILES string of the molecule is Cc1cc2c(N3CCCC3CCCO)nccn2n1. The van der Waals surface area contributed by atoms with Crippen molar-refractivity contribution in [1.29, 1.82) is 0 Å². The van der Waals surface area contributed by atoms with Gasteiger partial charge >= 0.3 is 0 Å². The second kappa shape index (κ2) is 5.17. The average molecular weight is 260 g/mol. The molecule has 2 aromatic rings. The van der Waals surface area contributed by atoms with Crippen LogP contribution in [0.4, 0.5) is 5.82 Å². The van der Waals surface area contributed by atoms with Gasteiger partial charge in [-0.05, 0) is 38.7 Å². The molecule has 0 bridgehead atoms. The van der Waals surface area contributed by atoms with Crippen LogP contribution in [0.15, 0.2) is 18.5 Å². The van der Waals surface area contributed by atoms with Crippen LogP contribution in [0.5, 0.6) is 0 Å². The first-order valence-electron chi connectivity index (χ1n) is 6.98. The molecule has 1 atom stereocenters. The zero-order valence-corrected chi connectivity index (χ0v) is 11.3. The summed E-state index contributed by atoms with van der Waals surface area (Å²) in [5, 5.41) is 13.5. The number of hydrogen-bond donors (Lipinski definition) is 1. The van der Waals surface area contributed by atoms with E-state index in [9.17, 15) is 0 Å². The van der Waals surface area contributed by atoms with Crippen molar-refractivity contribution in [3.63, 3.8) is 0 Å². The van der Waals surface area contributed by atoms with Gasteiger partial charge in [0.25, 0.3) is 0 Å². The van der Waals surface area contributed by atoms with E-state index in [2.05, 4.69) is 21.0 Å². The van der Waals surface area contributed by atoms with Gasteiger partial charge in [0.1, 0.15) is 5.52 Å². The van der Waals surface area contributed by atoms with E-state index in [1.165, 1.54) is 12.8 Å². The first-order valence-corrected chi connectivity index (χ1v) is 6.98. The number of rotatable bonds is 4. The highest BCUT2D eigenvalue weighted by atomic mass is 16.2. The minimum absolute atomic E-state index is 0.272. The predicted octanol–water partition coefficient (Wildman–Crippen LogP) is 1.78. The molecule has 0 amide bonds. The number of nitrogens with zero attached hydrogens (tertiary/aromatic N) is 4. The van der Waals surface area contributed by atoms with Crippen LogP contribution in [0.1, 0.15) is 31.4 Å². The Labute approximate surface area is 112 Å². The third-order valence-electron chi connectivity index (χ3n) is 3.84. The van der Waals surface area contributed by atoms with Crippen LogP contribution in [-0.2, 0) is 0 Å². The largest absolute Gasteiger partial charge is 0.396 e. The van der Waals surface area contributed by atoms with Crippen LogP contribution < -0.4 is 4.90 Å². The van der Waals surface area contributed by atoms with Gasteiger partial charge < -0.3 is 10.0 Å². The van der Waals surface area contributed by atoms with E-state index in [0.29, 0.717) is 6.04 Å². The van der Waals surface area contributed by atoms with Crippen molar-refractivity contribution in [2.45, 2.75) is 38.6 Å². The van der Waals surface area contributed by atoms with Crippen molar-refractivity contribution >= 4 is 11.3 Å². The fourth-order valence-corrected chi connectivity index (χ4v) is 2.99. The third-order valence-corrected chi connectivity index (χ3v) is 3.84. The van der Waals surface area contributed by atoms with E-state index in [1.807, 2.05) is 23.8 Å². The Balaban J connectivity index is 1.94. The van der Waals surface area contributed by atoms with Gasteiger partial charge in [-0.1, -0.05) is 0 Å². The molecule has 5 heteroatoms. The molecule has 19 heavy (non-hydrogen) atoms. The molecule has 0 aliphatic carbocycles. The van der Waals surface area contributed by atoms with Gasteiger partial charge in [0.2, 0.25) is 0 Å². The number of hydrogen-bond acceptors (Lipinski definition) is 4. The second-order valence-electron chi connectivity index (χ2n) is 5.22. The highest BCUT2D eigenvalue weighted by Crippen LogP contribution is 2.29. The number of anilines is 1. The highest BCUT2D eigenvalue weighted by molar-refractivity contribution is 5.69. The van der Waals surface area contributed by atoms with Gasteiger partial charge in [-0.15, -0.1) is 0 Å². The fourth-order valence-electron chi connectivity index (χ4n) is 2.99. The summed E-state index contributed by atoms with van der Waals surface area (Å²) < 4.78 is 1.90. The number of fused-ring (bicyclic) bond motifs is 1. The first-order chi connectivity index (χ1) is 9.29. The van der Waals surface area contributed by atoms with E-state index in [-0.39, 0.29) is 6.61 Å². The molecule has 1 saturated heterocycles. The minimum atomic E-state index is 0.272. The zero-order valence-electron chi connectivity index (χ0n) is 11.3. The maximum atomic E-state index is 9.01. The summed E-state index contributed by atoms with van der Waals surface area (Å²) in [5.41, 5.74) is 2.09. The Morgan fingerprint density at radius 2 is 2.37 bits per heavy atom. The van der Waals surface area contributed by atoms with Crippen molar-refractivity contribution < 1.29 is 5.11 Å². The standard InChI is InChI=1S/C14H20N4O/c1-11-10-13-14(15-6-8-18(13)16-11)17-7-2-4-12(17)5-3-9-19/h6,8,10,12,19H,2-5,7,9H2,1H3. The lowest BCUT2D eigenvalue weighted by atomic mass is 10.1. The van der Waals surface area contributed by atoms with Crippen LogP contribution in [0, 0.1) is 6.92 Å². The normalized spacial score (nSPS) is 19.5. The summed E-state index contributed by atoms with van der Waals surface area (Å²) in [5.74, 6) is 1.03. The van der Waals surface area contributed by atoms with Gasteiger partial charge in [0.05, 0.1) is 5.69 Å². The lowest BCUT2D eigenvalue weighted by Crippen LogP contribution is -2.30.